The monoisotopic (exact) mass is 235 g/mol. The third-order valence-corrected chi connectivity index (χ3v) is 2.73. The van der Waals surface area contributed by atoms with Gasteiger partial charge in [-0.1, -0.05) is 5.11 Å². The van der Waals surface area contributed by atoms with Gasteiger partial charge in [0.25, 0.3) is 0 Å². The maximum Gasteiger partial charge on any atom is 0.119 e. The molecule has 0 saturated heterocycles. The number of hydrogen-bond acceptors (Lipinski definition) is 3. The van der Waals surface area contributed by atoms with Crippen LogP contribution < -0.4 is 4.74 Å². The summed E-state index contributed by atoms with van der Waals surface area (Å²) in [6.45, 7) is 3.89. The lowest BCUT2D eigenvalue weighted by molar-refractivity contribution is 0.276. The van der Waals surface area contributed by atoms with E-state index < -0.39 is 0 Å². The molecule has 0 aliphatic carbocycles. The molecule has 17 heavy (non-hydrogen) atoms. The largest absolute Gasteiger partial charge is 0.497 e. The summed E-state index contributed by atoms with van der Waals surface area (Å²) < 4.78 is 5.18. The Kier molecular flexibility index (Phi) is 4.82. The van der Waals surface area contributed by atoms with Gasteiger partial charge in [-0.15, -0.1) is 0 Å². The van der Waals surface area contributed by atoms with Gasteiger partial charge >= 0.3 is 0 Å². The third-order valence-electron chi connectivity index (χ3n) is 2.73. The van der Waals surface area contributed by atoms with E-state index in [1.165, 1.54) is 0 Å². The molecular weight excluding hydrogens is 218 g/mol. The van der Waals surface area contributed by atoms with Gasteiger partial charge in [0, 0.05) is 11.5 Å². The molecular formula is C12H17N3O2. The highest BCUT2D eigenvalue weighted by molar-refractivity contribution is 5.43. The van der Waals surface area contributed by atoms with Crippen LogP contribution in [0.4, 0.5) is 0 Å². The predicted molar refractivity (Wildman–Crippen MR) is 66.1 cm³/mol. The number of rotatable bonds is 5. The van der Waals surface area contributed by atoms with Crippen LogP contribution in [0.15, 0.2) is 17.2 Å². The molecule has 1 unspecified atom stereocenters. The molecule has 1 N–H and O–H groups in total. The molecule has 5 nitrogen and oxygen atoms in total. The molecule has 0 saturated carbocycles. The normalized spacial score (nSPS) is 11.8. The minimum absolute atomic E-state index is 0.00536. The Labute approximate surface area is 101 Å². The first-order valence-electron chi connectivity index (χ1n) is 5.44. The van der Waals surface area contributed by atoms with Crippen molar-refractivity contribution in [3.05, 3.63) is 39.3 Å². The fraction of sp³-hybridized carbons (Fsp3) is 0.500. The second-order valence-corrected chi connectivity index (χ2v) is 3.91. The summed E-state index contributed by atoms with van der Waals surface area (Å²) >= 11 is 0. The summed E-state index contributed by atoms with van der Waals surface area (Å²) in [5, 5.41) is 12.7. The maximum atomic E-state index is 9.00. The van der Waals surface area contributed by atoms with Crippen LogP contribution >= 0.6 is 0 Å². The van der Waals surface area contributed by atoms with Crippen LogP contribution in [0, 0.1) is 13.8 Å². The highest BCUT2D eigenvalue weighted by Gasteiger charge is 2.15. The minimum atomic E-state index is -0.323. The SMILES string of the molecule is COc1cc(C)c(C(CCO)N=[N+]=[N-])c(C)c1. The van der Waals surface area contributed by atoms with E-state index in [1.807, 2.05) is 26.0 Å². The van der Waals surface area contributed by atoms with Gasteiger partial charge in [0.1, 0.15) is 5.75 Å². The lowest BCUT2D eigenvalue weighted by Gasteiger charge is -2.17. The van der Waals surface area contributed by atoms with E-state index in [2.05, 4.69) is 10.0 Å². The minimum Gasteiger partial charge on any atom is -0.497 e. The van der Waals surface area contributed by atoms with Crippen molar-refractivity contribution in [3.63, 3.8) is 0 Å². The quantitative estimate of drug-likeness (QED) is 0.483. The first-order valence-corrected chi connectivity index (χ1v) is 5.44. The molecule has 0 heterocycles. The van der Waals surface area contributed by atoms with E-state index in [-0.39, 0.29) is 12.6 Å². The third kappa shape index (κ3) is 3.12. The number of benzene rings is 1. The van der Waals surface area contributed by atoms with Gasteiger partial charge in [-0.25, -0.2) is 0 Å². The van der Waals surface area contributed by atoms with Crippen molar-refractivity contribution in [2.75, 3.05) is 13.7 Å². The molecule has 0 radical (unpaired) electrons. The standard InChI is InChI=1S/C12H17N3O2/c1-8-6-10(17-3)7-9(2)12(8)11(4-5-16)14-15-13/h6-7,11,16H,4-5H2,1-3H3. The fourth-order valence-electron chi connectivity index (χ4n) is 2.02. The van der Waals surface area contributed by atoms with E-state index in [9.17, 15) is 0 Å². The molecule has 1 aromatic carbocycles. The second kappa shape index (κ2) is 6.13. The van der Waals surface area contributed by atoms with Gasteiger partial charge in [-0.2, -0.15) is 0 Å². The number of hydrogen-bond donors (Lipinski definition) is 1. The fourth-order valence-corrected chi connectivity index (χ4v) is 2.02. The van der Waals surface area contributed by atoms with Crippen molar-refractivity contribution in [1.82, 2.24) is 0 Å². The Hall–Kier alpha value is -1.71. The summed E-state index contributed by atoms with van der Waals surface area (Å²) in [5.74, 6) is 0.785. The Morgan fingerprint density at radius 1 is 1.41 bits per heavy atom. The number of aliphatic hydroxyl groups excluding tert-OH is 1. The van der Waals surface area contributed by atoms with Crippen molar-refractivity contribution < 1.29 is 9.84 Å². The Bertz CT molecular complexity index is 416. The van der Waals surface area contributed by atoms with Gasteiger partial charge < -0.3 is 9.84 Å². The average Bonchev–Trinajstić information content (AvgIpc) is 2.28. The molecule has 1 atom stereocenters. The molecule has 0 bridgehead atoms. The van der Waals surface area contributed by atoms with Gasteiger partial charge in [-0.05, 0) is 54.6 Å². The van der Waals surface area contributed by atoms with Crippen molar-refractivity contribution in [2.24, 2.45) is 5.11 Å². The Morgan fingerprint density at radius 2 is 2.00 bits per heavy atom. The van der Waals surface area contributed by atoms with E-state index in [0.29, 0.717) is 6.42 Å². The van der Waals surface area contributed by atoms with E-state index in [1.54, 1.807) is 7.11 Å². The van der Waals surface area contributed by atoms with Crippen LogP contribution in [0.1, 0.15) is 29.2 Å². The zero-order chi connectivity index (χ0) is 12.8. The number of azide groups is 1. The molecule has 1 rings (SSSR count). The average molecular weight is 235 g/mol. The lowest BCUT2D eigenvalue weighted by atomic mass is 9.94. The zero-order valence-electron chi connectivity index (χ0n) is 10.3. The topological polar surface area (TPSA) is 78.2 Å². The van der Waals surface area contributed by atoms with E-state index in [4.69, 9.17) is 15.4 Å². The van der Waals surface area contributed by atoms with Crippen LogP contribution in [0.2, 0.25) is 0 Å². The number of aliphatic hydroxyl groups is 1. The maximum absolute atomic E-state index is 9.00. The molecule has 0 amide bonds. The lowest BCUT2D eigenvalue weighted by Crippen LogP contribution is -2.03. The first kappa shape index (κ1) is 13.4. The summed E-state index contributed by atoms with van der Waals surface area (Å²) in [5.41, 5.74) is 11.5. The highest BCUT2D eigenvalue weighted by Crippen LogP contribution is 2.31. The smallest absolute Gasteiger partial charge is 0.119 e. The predicted octanol–water partition coefficient (Wildman–Crippen LogP) is 3.05. The number of ether oxygens (including phenoxy) is 1. The summed E-state index contributed by atoms with van der Waals surface area (Å²) in [4.78, 5) is 2.84. The van der Waals surface area contributed by atoms with Crippen molar-refractivity contribution >= 4 is 0 Å². The summed E-state index contributed by atoms with van der Waals surface area (Å²) in [6.07, 6.45) is 0.429. The van der Waals surface area contributed by atoms with Crippen LogP contribution in [-0.2, 0) is 0 Å². The van der Waals surface area contributed by atoms with Crippen molar-refractivity contribution in [3.8, 4) is 5.75 Å². The van der Waals surface area contributed by atoms with Gasteiger partial charge in [0.2, 0.25) is 0 Å². The van der Waals surface area contributed by atoms with E-state index >= 15 is 0 Å². The molecule has 5 heteroatoms. The first-order chi connectivity index (χ1) is 8.13. The molecule has 0 aliphatic rings. The second-order valence-electron chi connectivity index (χ2n) is 3.91. The Morgan fingerprint density at radius 3 is 2.41 bits per heavy atom. The van der Waals surface area contributed by atoms with Gasteiger partial charge in [0.15, 0.2) is 0 Å². The van der Waals surface area contributed by atoms with Gasteiger partial charge in [0.05, 0.1) is 13.2 Å². The molecule has 1 aromatic rings. The number of aryl methyl sites for hydroxylation is 2. The molecule has 0 aromatic heterocycles. The number of methoxy groups -OCH3 is 1. The highest BCUT2D eigenvalue weighted by atomic mass is 16.5. The zero-order valence-corrected chi connectivity index (χ0v) is 10.3. The number of nitrogens with zero attached hydrogens (tertiary/aromatic N) is 3. The molecule has 92 valence electrons. The van der Waals surface area contributed by atoms with Crippen LogP contribution in [-0.4, -0.2) is 18.8 Å². The molecule has 0 fully saturated rings. The van der Waals surface area contributed by atoms with Crippen molar-refractivity contribution in [1.29, 1.82) is 0 Å². The van der Waals surface area contributed by atoms with Crippen molar-refractivity contribution in [2.45, 2.75) is 26.3 Å². The van der Waals surface area contributed by atoms with Crippen LogP contribution in [0.25, 0.3) is 10.4 Å². The van der Waals surface area contributed by atoms with Gasteiger partial charge in [-0.3, -0.25) is 0 Å². The van der Waals surface area contributed by atoms with Crippen LogP contribution in [0.5, 0.6) is 5.75 Å². The molecule has 0 spiro atoms. The summed E-state index contributed by atoms with van der Waals surface area (Å²) in [6, 6.07) is 3.48. The van der Waals surface area contributed by atoms with Crippen LogP contribution in [0.3, 0.4) is 0 Å². The summed E-state index contributed by atoms with van der Waals surface area (Å²) in [7, 11) is 1.62. The molecule has 0 aliphatic heterocycles. The van der Waals surface area contributed by atoms with E-state index in [0.717, 1.165) is 22.4 Å². The Balaban J connectivity index is 3.23.